The van der Waals surface area contributed by atoms with Crippen molar-refractivity contribution in [3.63, 3.8) is 0 Å². The van der Waals surface area contributed by atoms with E-state index in [1.807, 2.05) is 7.05 Å². The lowest BCUT2D eigenvalue weighted by Gasteiger charge is -2.32. The van der Waals surface area contributed by atoms with Crippen LogP contribution in [0.5, 0.6) is 0 Å². The fraction of sp³-hybridized carbons (Fsp3) is 0.444. The van der Waals surface area contributed by atoms with Gasteiger partial charge in [-0.3, -0.25) is 4.79 Å². The topological polar surface area (TPSA) is 50.2 Å². The lowest BCUT2D eigenvalue weighted by atomic mass is 9.97. The maximum absolute atomic E-state index is 13.1. The highest BCUT2D eigenvalue weighted by Crippen LogP contribution is 2.30. The summed E-state index contributed by atoms with van der Waals surface area (Å²) in [5, 5.41) is 6.89. The van der Waals surface area contributed by atoms with E-state index in [-0.39, 0.29) is 11.6 Å². The molecular weight excluding hydrogens is 345 g/mol. The van der Waals surface area contributed by atoms with Gasteiger partial charge in [0.15, 0.2) is 0 Å². The zero-order valence-electron chi connectivity index (χ0n) is 14.5. The Kier molecular flexibility index (Phi) is 5.31. The highest BCUT2D eigenvalue weighted by atomic mass is 19.4. The van der Waals surface area contributed by atoms with Gasteiger partial charge in [-0.2, -0.15) is 18.3 Å². The van der Waals surface area contributed by atoms with Crippen LogP contribution in [0.4, 0.5) is 13.2 Å². The van der Waals surface area contributed by atoms with Gasteiger partial charge >= 0.3 is 6.18 Å². The van der Waals surface area contributed by atoms with Crippen molar-refractivity contribution in [2.75, 3.05) is 26.7 Å². The van der Waals surface area contributed by atoms with E-state index >= 15 is 0 Å². The van der Waals surface area contributed by atoms with Gasteiger partial charge in [0, 0.05) is 18.7 Å². The Morgan fingerprint density at radius 1 is 1.35 bits per heavy atom. The van der Waals surface area contributed by atoms with Crippen LogP contribution in [-0.4, -0.2) is 47.3 Å². The van der Waals surface area contributed by atoms with Crippen LogP contribution in [0.2, 0.25) is 0 Å². The Hall–Kier alpha value is -2.35. The summed E-state index contributed by atoms with van der Waals surface area (Å²) < 4.78 is 40.1. The molecule has 1 fully saturated rings. The molecule has 3 rings (SSSR count). The molecule has 140 valence electrons. The molecule has 0 unspecified atom stereocenters. The predicted molar refractivity (Wildman–Crippen MR) is 91.1 cm³/mol. The molecule has 0 spiro atoms. The molecule has 1 aliphatic heterocycles. The SMILES string of the molecule is CNC[C@@H]1CCCN(C(=O)c2cccc(-n3nccc3C(F)(F)F)c2)C1. The second-order valence-corrected chi connectivity index (χ2v) is 6.49. The zero-order valence-corrected chi connectivity index (χ0v) is 14.5. The highest BCUT2D eigenvalue weighted by molar-refractivity contribution is 5.94. The quantitative estimate of drug-likeness (QED) is 0.905. The number of carbonyl (C=O) groups excluding carboxylic acids is 1. The third-order valence-corrected chi connectivity index (χ3v) is 4.57. The number of hydrogen-bond donors (Lipinski definition) is 1. The molecule has 5 nitrogen and oxygen atoms in total. The molecule has 1 aromatic heterocycles. The van der Waals surface area contributed by atoms with Crippen molar-refractivity contribution in [3.05, 3.63) is 47.8 Å². The molecule has 1 saturated heterocycles. The average molecular weight is 366 g/mol. The Bertz CT molecular complexity index is 770. The molecule has 1 atom stereocenters. The van der Waals surface area contributed by atoms with Crippen LogP contribution in [0.3, 0.4) is 0 Å². The molecule has 26 heavy (non-hydrogen) atoms. The van der Waals surface area contributed by atoms with Crippen LogP contribution in [0.25, 0.3) is 5.69 Å². The van der Waals surface area contributed by atoms with Crippen LogP contribution in [0.1, 0.15) is 28.9 Å². The Labute approximate surface area is 149 Å². The first-order chi connectivity index (χ1) is 12.4. The molecule has 0 bridgehead atoms. The van der Waals surface area contributed by atoms with E-state index in [1.165, 1.54) is 12.1 Å². The van der Waals surface area contributed by atoms with E-state index in [2.05, 4.69) is 10.4 Å². The molecule has 1 aliphatic rings. The molecule has 1 amide bonds. The number of amides is 1. The second kappa shape index (κ2) is 7.49. The average Bonchev–Trinajstić information content (AvgIpc) is 3.12. The number of halogens is 3. The van der Waals surface area contributed by atoms with Crippen molar-refractivity contribution in [2.45, 2.75) is 19.0 Å². The number of piperidine rings is 1. The number of nitrogens with zero attached hydrogens (tertiary/aromatic N) is 3. The summed E-state index contributed by atoms with van der Waals surface area (Å²) in [7, 11) is 1.88. The monoisotopic (exact) mass is 366 g/mol. The van der Waals surface area contributed by atoms with Gasteiger partial charge in [-0.25, -0.2) is 4.68 Å². The number of aromatic nitrogens is 2. The summed E-state index contributed by atoms with van der Waals surface area (Å²) in [6.07, 6.45) is -1.42. The van der Waals surface area contributed by atoms with Crippen molar-refractivity contribution in [1.29, 1.82) is 0 Å². The predicted octanol–water partition coefficient (Wildman–Crippen LogP) is 2.96. The lowest BCUT2D eigenvalue weighted by molar-refractivity contribution is -0.142. The first-order valence-electron chi connectivity index (χ1n) is 8.55. The van der Waals surface area contributed by atoms with Crippen LogP contribution >= 0.6 is 0 Å². The number of likely N-dealkylation sites (tertiary alicyclic amines) is 1. The maximum Gasteiger partial charge on any atom is 0.433 e. The summed E-state index contributed by atoms with van der Waals surface area (Å²) in [4.78, 5) is 14.6. The largest absolute Gasteiger partial charge is 0.433 e. The fourth-order valence-electron chi connectivity index (χ4n) is 3.38. The number of rotatable bonds is 4. The third kappa shape index (κ3) is 3.90. The second-order valence-electron chi connectivity index (χ2n) is 6.49. The minimum Gasteiger partial charge on any atom is -0.338 e. The van der Waals surface area contributed by atoms with Gasteiger partial charge in [0.2, 0.25) is 0 Å². The molecule has 1 N–H and O–H groups in total. The summed E-state index contributed by atoms with van der Waals surface area (Å²) in [5.41, 5.74) is -0.276. The minimum atomic E-state index is -4.51. The van der Waals surface area contributed by atoms with Crippen molar-refractivity contribution < 1.29 is 18.0 Å². The smallest absolute Gasteiger partial charge is 0.338 e. The number of nitrogens with one attached hydrogen (secondary N) is 1. The van der Waals surface area contributed by atoms with E-state index in [0.29, 0.717) is 24.6 Å². The van der Waals surface area contributed by atoms with Crippen LogP contribution in [0, 0.1) is 5.92 Å². The summed E-state index contributed by atoms with van der Waals surface area (Å²) in [6.45, 7) is 2.16. The third-order valence-electron chi connectivity index (χ3n) is 4.57. The Balaban J connectivity index is 1.84. The van der Waals surface area contributed by atoms with E-state index in [9.17, 15) is 18.0 Å². The van der Waals surface area contributed by atoms with Gasteiger partial charge in [0.1, 0.15) is 5.69 Å². The lowest BCUT2D eigenvalue weighted by Crippen LogP contribution is -2.42. The van der Waals surface area contributed by atoms with Gasteiger partial charge in [0.05, 0.1) is 11.9 Å². The van der Waals surface area contributed by atoms with Crippen LogP contribution in [0.15, 0.2) is 36.5 Å². The minimum absolute atomic E-state index is 0.159. The molecule has 2 heterocycles. The molecule has 1 aromatic carbocycles. The van der Waals surface area contributed by atoms with E-state index in [0.717, 1.165) is 36.3 Å². The molecule has 8 heteroatoms. The zero-order chi connectivity index (χ0) is 18.7. The number of benzene rings is 1. The van der Waals surface area contributed by atoms with Crippen molar-refractivity contribution in [2.24, 2.45) is 5.92 Å². The Morgan fingerprint density at radius 2 is 2.15 bits per heavy atom. The summed E-state index contributed by atoms with van der Waals surface area (Å²) >= 11 is 0. The molecule has 2 aromatic rings. The van der Waals surface area contributed by atoms with Crippen LogP contribution in [-0.2, 0) is 6.18 Å². The van der Waals surface area contributed by atoms with Gasteiger partial charge in [-0.05, 0) is 56.6 Å². The van der Waals surface area contributed by atoms with Gasteiger partial charge < -0.3 is 10.2 Å². The molecule has 0 radical (unpaired) electrons. The molecular formula is C18H21F3N4O. The van der Waals surface area contributed by atoms with Crippen molar-refractivity contribution in [1.82, 2.24) is 20.0 Å². The Morgan fingerprint density at radius 3 is 2.88 bits per heavy atom. The van der Waals surface area contributed by atoms with E-state index < -0.39 is 11.9 Å². The number of hydrogen-bond acceptors (Lipinski definition) is 3. The van der Waals surface area contributed by atoms with E-state index in [4.69, 9.17) is 0 Å². The van der Waals surface area contributed by atoms with Gasteiger partial charge in [-0.1, -0.05) is 6.07 Å². The molecule has 0 aliphatic carbocycles. The normalized spacial score (nSPS) is 18.2. The van der Waals surface area contributed by atoms with Crippen molar-refractivity contribution >= 4 is 5.91 Å². The number of alkyl halides is 3. The first-order valence-corrected chi connectivity index (χ1v) is 8.55. The van der Waals surface area contributed by atoms with Gasteiger partial charge in [0.25, 0.3) is 5.91 Å². The highest BCUT2D eigenvalue weighted by Gasteiger charge is 2.35. The van der Waals surface area contributed by atoms with Gasteiger partial charge in [-0.15, -0.1) is 0 Å². The first kappa shape index (κ1) is 18.4. The van der Waals surface area contributed by atoms with Crippen molar-refractivity contribution in [3.8, 4) is 5.69 Å². The van der Waals surface area contributed by atoms with Crippen LogP contribution < -0.4 is 5.32 Å². The maximum atomic E-state index is 13.1. The van der Waals surface area contributed by atoms with E-state index in [1.54, 1.807) is 17.0 Å². The fourth-order valence-corrected chi connectivity index (χ4v) is 3.38. The summed E-state index contributed by atoms with van der Waals surface area (Å²) in [6, 6.07) is 7.11. The molecule has 0 saturated carbocycles. The number of carbonyl (C=O) groups is 1. The standard InChI is InChI=1S/C18H21F3N4O/c1-22-11-13-4-3-9-24(12-13)17(26)14-5-2-6-15(10-14)25-16(7-8-23-25)18(19,20)21/h2,5-8,10,13,22H,3-4,9,11-12H2,1H3/t13-/m0/s1. The summed E-state index contributed by atoms with van der Waals surface area (Å²) in [5.74, 6) is 0.234.